The van der Waals surface area contributed by atoms with Gasteiger partial charge in [-0.2, -0.15) is 13.2 Å². The van der Waals surface area contributed by atoms with Crippen molar-refractivity contribution in [2.45, 2.75) is 32.9 Å². The third-order valence-electron chi connectivity index (χ3n) is 4.19. The number of nitrogens with one attached hydrogen (secondary N) is 1. The SMILES string of the molecule is COC(=O)c1sc(C)cc1Nc1nc(-c2ccc(Cl)c(C(F)(F)F)c2)c(C(C)C)s1. The molecule has 0 fully saturated rings. The molecule has 2 heterocycles. The van der Waals surface area contributed by atoms with Gasteiger partial charge in [0.2, 0.25) is 0 Å². The van der Waals surface area contributed by atoms with E-state index in [1.54, 1.807) is 6.07 Å². The van der Waals surface area contributed by atoms with E-state index in [1.807, 2.05) is 20.8 Å². The number of hydrogen-bond donors (Lipinski definition) is 1. The first-order valence-electron chi connectivity index (χ1n) is 8.84. The van der Waals surface area contributed by atoms with Gasteiger partial charge in [0.15, 0.2) is 5.13 Å². The number of thiazole rings is 1. The molecule has 3 rings (SSSR count). The quantitative estimate of drug-likeness (QED) is 0.389. The van der Waals surface area contributed by atoms with Crippen LogP contribution in [0.1, 0.15) is 44.8 Å². The predicted molar refractivity (Wildman–Crippen MR) is 115 cm³/mol. The van der Waals surface area contributed by atoms with E-state index in [0.717, 1.165) is 15.8 Å². The second kappa shape index (κ2) is 8.56. The number of aryl methyl sites for hydroxylation is 1. The van der Waals surface area contributed by atoms with Gasteiger partial charge in [-0.3, -0.25) is 0 Å². The fraction of sp³-hybridized carbons (Fsp3) is 0.300. The first-order valence-corrected chi connectivity index (χ1v) is 10.9. The number of thiophene rings is 1. The number of aromatic nitrogens is 1. The normalized spacial score (nSPS) is 11.8. The number of alkyl halides is 3. The molecule has 0 saturated carbocycles. The molecule has 0 aliphatic rings. The van der Waals surface area contributed by atoms with Gasteiger partial charge in [0.05, 0.1) is 29.1 Å². The van der Waals surface area contributed by atoms with Gasteiger partial charge in [-0.15, -0.1) is 22.7 Å². The zero-order valence-corrected chi connectivity index (χ0v) is 18.9. The first kappa shape index (κ1) is 22.6. The van der Waals surface area contributed by atoms with Crippen LogP contribution in [-0.4, -0.2) is 18.1 Å². The highest BCUT2D eigenvalue weighted by Crippen LogP contribution is 2.42. The number of methoxy groups -OCH3 is 1. The first-order chi connectivity index (χ1) is 14.0. The Bertz CT molecular complexity index is 1090. The van der Waals surface area contributed by atoms with Crippen LogP contribution >= 0.6 is 34.3 Å². The van der Waals surface area contributed by atoms with Crippen molar-refractivity contribution in [3.8, 4) is 11.3 Å². The molecular weight excluding hydrogens is 457 g/mol. The number of anilines is 2. The monoisotopic (exact) mass is 474 g/mol. The number of carbonyl (C=O) groups excluding carboxylic acids is 1. The lowest BCUT2D eigenvalue weighted by atomic mass is 10.0. The predicted octanol–water partition coefficient (Wildman–Crippen LogP) is 7.51. The molecule has 0 aliphatic carbocycles. The Balaban J connectivity index is 2.05. The summed E-state index contributed by atoms with van der Waals surface area (Å²) in [6, 6.07) is 5.57. The number of benzene rings is 1. The molecule has 0 radical (unpaired) electrons. The van der Waals surface area contributed by atoms with E-state index in [-0.39, 0.29) is 10.9 Å². The summed E-state index contributed by atoms with van der Waals surface area (Å²) < 4.78 is 44.7. The standard InChI is InChI=1S/C20H18ClF3N2O2S2/c1-9(2)16-15(11-5-6-13(21)12(8-11)20(22,23)24)26-19(30-16)25-14-7-10(3)29-17(14)18(27)28-4/h5-9H,1-4H3,(H,25,26). The third kappa shape index (κ3) is 4.63. The van der Waals surface area contributed by atoms with Crippen molar-refractivity contribution in [1.29, 1.82) is 0 Å². The molecule has 2 aromatic heterocycles. The van der Waals surface area contributed by atoms with Crippen LogP contribution in [0.15, 0.2) is 24.3 Å². The zero-order valence-electron chi connectivity index (χ0n) is 16.5. The number of ether oxygens (including phenoxy) is 1. The van der Waals surface area contributed by atoms with Gasteiger partial charge in [-0.1, -0.05) is 31.5 Å². The molecule has 0 saturated heterocycles. The van der Waals surface area contributed by atoms with Crippen LogP contribution < -0.4 is 5.32 Å². The van der Waals surface area contributed by atoms with Gasteiger partial charge in [0, 0.05) is 15.3 Å². The van der Waals surface area contributed by atoms with Crippen LogP contribution in [0.5, 0.6) is 0 Å². The summed E-state index contributed by atoms with van der Waals surface area (Å²) in [7, 11) is 1.30. The molecule has 30 heavy (non-hydrogen) atoms. The van der Waals surface area contributed by atoms with Gasteiger partial charge < -0.3 is 10.1 Å². The topological polar surface area (TPSA) is 51.2 Å². The van der Waals surface area contributed by atoms with Gasteiger partial charge in [0.25, 0.3) is 0 Å². The van der Waals surface area contributed by atoms with Gasteiger partial charge in [-0.05, 0) is 31.0 Å². The van der Waals surface area contributed by atoms with Gasteiger partial charge in [-0.25, -0.2) is 9.78 Å². The summed E-state index contributed by atoms with van der Waals surface area (Å²) in [6.07, 6.45) is -4.56. The fourth-order valence-electron chi connectivity index (χ4n) is 2.84. The number of hydrogen-bond acceptors (Lipinski definition) is 6. The maximum atomic E-state index is 13.3. The van der Waals surface area contributed by atoms with E-state index in [4.69, 9.17) is 16.3 Å². The van der Waals surface area contributed by atoms with E-state index in [9.17, 15) is 18.0 Å². The fourth-order valence-corrected chi connectivity index (χ4v) is 4.95. The van der Waals surface area contributed by atoms with Crippen LogP contribution in [0.4, 0.5) is 24.0 Å². The van der Waals surface area contributed by atoms with Crippen molar-refractivity contribution >= 4 is 51.1 Å². The molecule has 0 spiro atoms. The molecular formula is C20H18ClF3N2O2S2. The van der Waals surface area contributed by atoms with Crippen molar-refractivity contribution in [3.05, 3.63) is 49.5 Å². The minimum Gasteiger partial charge on any atom is -0.465 e. The van der Waals surface area contributed by atoms with Gasteiger partial charge in [0.1, 0.15) is 4.88 Å². The van der Waals surface area contributed by atoms with Crippen LogP contribution in [0, 0.1) is 6.92 Å². The Morgan fingerprint density at radius 1 is 1.23 bits per heavy atom. The number of esters is 1. The Hall–Kier alpha value is -2.10. The van der Waals surface area contributed by atoms with E-state index >= 15 is 0 Å². The number of halogens is 4. The Morgan fingerprint density at radius 3 is 2.53 bits per heavy atom. The highest BCUT2D eigenvalue weighted by atomic mass is 35.5. The molecule has 160 valence electrons. The second-order valence-electron chi connectivity index (χ2n) is 6.80. The van der Waals surface area contributed by atoms with Crippen molar-refractivity contribution < 1.29 is 22.7 Å². The number of nitrogens with zero attached hydrogens (tertiary/aromatic N) is 1. The Labute approximate surface area is 184 Å². The maximum absolute atomic E-state index is 13.3. The lowest BCUT2D eigenvalue weighted by Crippen LogP contribution is -2.06. The van der Waals surface area contributed by atoms with Crippen LogP contribution in [0.25, 0.3) is 11.3 Å². The molecule has 1 aromatic carbocycles. The number of rotatable bonds is 5. The lowest BCUT2D eigenvalue weighted by molar-refractivity contribution is -0.137. The van der Waals surface area contributed by atoms with Crippen molar-refractivity contribution in [1.82, 2.24) is 4.98 Å². The van der Waals surface area contributed by atoms with E-state index in [1.165, 1.54) is 41.9 Å². The molecule has 0 aliphatic heterocycles. The maximum Gasteiger partial charge on any atom is 0.417 e. The summed E-state index contributed by atoms with van der Waals surface area (Å²) >= 11 is 8.37. The molecule has 0 bridgehead atoms. The summed E-state index contributed by atoms with van der Waals surface area (Å²) in [5, 5.41) is 3.23. The van der Waals surface area contributed by atoms with Crippen molar-refractivity contribution in [3.63, 3.8) is 0 Å². The van der Waals surface area contributed by atoms with Crippen LogP contribution in [0.3, 0.4) is 0 Å². The minimum atomic E-state index is -4.56. The Kier molecular flexibility index (Phi) is 6.45. The van der Waals surface area contributed by atoms with Crippen molar-refractivity contribution in [2.75, 3.05) is 12.4 Å². The smallest absolute Gasteiger partial charge is 0.417 e. The zero-order chi connectivity index (χ0) is 22.2. The summed E-state index contributed by atoms with van der Waals surface area (Å²) in [5.74, 6) is -0.439. The van der Waals surface area contributed by atoms with Gasteiger partial charge >= 0.3 is 12.1 Å². The highest BCUT2D eigenvalue weighted by molar-refractivity contribution is 7.16. The Morgan fingerprint density at radius 2 is 1.93 bits per heavy atom. The molecule has 0 amide bonds. The summed E-state index contributed by atoms with van der Waals surface area (Å²) in [5.41, 5.74) is 0.424. The third-order valence-corrected chi connectivity index (χ3v) is 6.82. The summed E-state index contributed by atoms with van der Waals surface area (Å²) in [4.78, 5) is 18.7. The molecule has 0 atom stereocenters. The highest BCUT2D eigenvalue weighted by Gasteiger charge is 2.34. The largest absolute Gasteiger partial charge is 0.465 e. The summed E-state index contributed by atoms with van der Waals surface area (Å²) in [6.45, 7) is 5.74. The molecule has 10 heteroatoms. The van der Waals surface area contributed by atoms with Crippen molar-refractivity contribution in [2.24, 2.45) is 0 Å². The molecule has 0 unspecified atom stereocenters. The molecule has 3 aromatic rings. The lowest BCUT2D eigenvalue weighted by Gasteiger charge is -2.11. The van der Waals surface area contributed by atoms with E-state index in [2.05, 4.69) is 10.3 Å². The minimum absolute atomic E-state index is 0.0300. The van der Waals surface area contributed by atoms with Crippen LogP contribution in [0.2, 0.25) is 5.02 Å². The molecule has 1 N–H and O–H groups in total. The average molecular weight is 475 g/mol. The number of carbonyl (C=O) groups is 1. The van der Waals surface area contributed by atoms with Crippen LogP contribution in [-0.2, 0) is 10.9 Å². The van der Waals surface area contributed by atoms with E-state index in [0.29, 0.717) is 27.0 Å². The van der Waals surface area contributed by atoms with E-state index < -0.39 is 17.7 Å². The molecule has 4 nitrogen and oxygen atoms in total. The second-order valence-corrected chi connectivity index (χ2v) is 9.49. The average Bonchev–Trinajstić information content (AvgIpc) is 3.24.